The Morgan fingerprint density at radius 1 is 1.24 bits per heavy atom. The van der Waals surface area contributed by atoms with Gasteiger partial charge >= 0.3 is 11.9 Å². The summed E-state index contributed by atoms with van der Waals surface area (Å²) in [7, 11) is 0. The summed E-state index contributed by atoms with van der Waals surface area (Å²) in [5.74, 6) is -3.24. The van der Waals surface area contributed by atoms with Gasteiger partial charge in [-0.05, 0) is 26.0 Å². The average molecular weight is 360 g/mol. The number of halogens is 1. The summed E-state index contributed by atoms with van der Waals surface area (Å²) in [4.78, 5) is 34.4. The van der Waals surface area contributed by atoms with Crippen LogP contribution < -0.4 is 0 Å². The lowest BCUT2D eigenvalue weighted by Gasteiger charge is -2.15. The molecule has 1 aromatic rings. The second kappa shape index (κ2) is 7.72. The van der Waals surface area contributed by atoms with E-state index in [2.05, 4.69) is 15.9 Å². The van der Waals surface area contributed by atoms with E-state index in [4.69, 9.17) is 9.47 Å². The van der Waals surface area contributed by atoms with Crippen molar-refractivity contribution in [3.05, 3.63) is 38.3 Å². The molecule has 114 valence electrons. The molecule has 0 amide bonds. The number of carbonyl (C=O) groups excluding carboxylic acids is 2. The molecule has 0 aliphatic rings. The first-order valence-corrected chi connectivity index (χ1v) is 6.98. The number of benzene rings is 1. The minimum Gasteiger partial charge on any atom is -0.465 e. The number of nitro benzene ring substituents is 1. The molecule has 0 N–H and O–H groups in total. The van der Waals surface area contributed by atoms with Gasteiger partial charge in [-0.15, -0.1) is 0 Å². The van der Waals surface area contributed by atoms with Gasteiger partial charge in [0.05, 0.1) is 23.7 Å². The van der Waals surface area contributed by atoms with Gasteiger partial charge in [0.2, 0.25) is 0 Å². The molecular weight excluding hydrogens is 346 g/mol. The Labute approximate surface area is 129 Å². The summed E-state index contributed by atoms with van der Waals surface area (Å²) in [5.41, 5.74) is -0.407. The number of hydrogen-bond acceptors (Lipinski definition) is 6. The average Bonchev–Trinajstić information content (AvgIpc) is 2.39. The topological polar surface area (TPSA) is 95.7 Å². The van der Waals surface area contributed by atoms with Crippen molar-refractivity contribution < 1.29 is 24.0 Å². The number of esters is 2. The minimum absolute atomic E-state index is 0.0521. The molecule has 0 aromatic heterocycles. The van der Waals surface area contributed by atoms with Gasteiger partial charge in [-0.25, -0.2) is 0 Å². The van der Waals surface area contributed by atoms with E-state index >= 15 is 0 Å². The van der Waals surface area contributed by atoms with Crippen molar-refractivity contribution in [2.45, 2.75) is 19.8 Å². The summed E-state index contributed by atoms with van der Waals surface area (Å²) in [5, 5.41) is 11.1. The van der Waals surface area contributed by atoms with E-state index in [1.165, 1.54) is 18.2 Å². The predicted octanol–water partition coefficient (Wildman–Crippen LogP) is 2.57. The van der Waals surface area contributed by atoms with Crippen LogP contribution in [0.2, 0.25) is 0 Å². The van der Waals surface area contributed by atoms with E-state index in [1.54, 1.807) is 13.8 Å². The van der Waals surface area contributed by atoms with Crippen LogP contribution in [0.15, 0.2) is 22.7 Å². The number of nitro groups is 1. The fraction of sp³-hybridized carbons (Fsp3) is 0.385. The maximum atomic E-state index is 12.0. The highest BCUT2D eigenvalue weighted by molar-refractivity contribution is 9.10. The second-order valence-electron chi connectivity index (χ2n) is 3.90. The molecule has 0 saturated heterocycles. The minimum atomic E-state index is -1.48. The fourth-order valence-corrected chi connectivity index (χ4v) is 2.10. The SMILES string of the molecule is CCOC(=O)C(C(=O)OCC)c1cc(Br)ccc1[N+](=O)[O-]. The molecule has 8 heteroatoms. The van der Waals surface area contributed by atoms with E-state index in [0.717, 1.165) is 0 Å². The fourth-order valence-electron chi connectivity index (χ4n) is 1.72. The van der Waals surface area contributed by atoms with Gasteiger partial charge in [0.15, 0.2) is 5.92 Å². The van der Waals surface area contributed by atoms with Gasteiger partial charge in [-0.2, -0.15) is 0 Å². The molecule has 0 heterocycles. The zero-order chi connectivity index (χ0) is 16.0. The van der Waals surface area contributed by atoms with Gasteiger partial charge in [0.1, 0.15) is 0 Å². The Morgan fingerprint density at radius 2 is 1.76 bits per heavy atom. The molecule has 1 rings (SSSR count). The third-order valence-corrected chi connectivity index (χ3v) is 3.04. The number of ether oxygens (including phenoxy) is 2. The van der Waals surface area contributed by atoms with E-state index < -0.39 is 22.8 Å². The van der Waals surface area contributed by atoms with Crippen LogP contribution in [0.5, 0.6) is 0 Å². The quantitative estimate of drug-likeness (QED) is 0.335. The normalized spacial score (nSPS) is 10.3. The summed E-state index contributed by atoms with van der Waals surface area (Å²) < 4.78 is 10.1. The second-order valence-corrected chi connectivity index (χ2v) is 4.81. The van der Waals surface area contributed by atoms with Gasteiger partial charge in [0.25, 0.3) is 5.69 Å². The zero-order valence-corrected chi connectivity index (χ0v) is 13.1. The lowest BCUT2D eigenvalue weighted by Crippen LogP contribution is -2.27. The van der Waals surface area contributed by atoms with Crippen LogP contribution in [0.4, 0.5) is 5.69 Å². The Kier molecular flexibility index (Phi) is 6.29. The molecule has 0 saturated carbocycles. The highest BCUT2D eigenvalue weighted by atomic mass is 79.9. The van der Waals surface area contributed by atoms with E-state index in [-0.39, 0.29) is 24.5 Å². The van der Waals surface area contributed by atoms with Crippen LogP contribution in [0.25, 0.3) is 0 Å². The maximum absolute atomic E-state index is 12.0. The largest absolute Gasteiger partial charge is 0.465 e. The van der Waals surface area contributed by atoms with Gasteiger partial charge in [-0.3, -0.25) is 19.7 Å². The molecule has 0 spiro atoms. The van der Waals surface area contributed by atoms with Crippen molar-refractivity contribution in [3.8, 4) is 0 Å². The monoisotopic (exact) mass is 359 g/mol. The molecule has 0 fully saturated rings. The van der Waals surface area contributed by atoms with Gasteiger partial charge in [-0.1, -0.05) is 15.9 Å². The van der Waals surface area contributed by atoms with E-state index in [0.29, 0.717) is 4.47 Å². The van der Waals surface area contributed by atoms with Gasteiger partial charge < -0.3 is 9.47 Å². The van der Waals surface area contributed by atoms with Crippen LogP contribution in [-0.4, -0.2) is 30.1 Å². The standard InChI is InChI=1S/C13H14BrNO6/c1-3-20-12(16)11(13(17)21-4-2)9-7-8(14)5-6-10(9)15(18)19/h5-7,11H,3-4H2,1-2H3. The van der Waals surface area contributed by atoms with Gasteiger partial charge in [0, 0.05) is 10.5 Å². The molecule has 7 nitrogen and oxygen atoms in total. The summed E-state index contributed by atoms with van der Waals surface area (Å²) >= 11 is 3.16. The number of rotatable bonds is 6. The summed E-state index contributed by atoms with van der Waals surface area (Å²) in [6.07, 6.45) is 0. The molecule has 0 unspecified atom stereocenters. The van der Waals surface area contributed by atoms with Crippen LogP contribution >= 0.6 is 15.9 Å². The smallest absolute Gasteiger partial charge is 0.325 e. The third-order valence-electron chi connectivity index (χ3n) is 2.54. The Hall–Kier alpha value is -1.96. The number of hydrogen-bond donors (Lipinski definition) is 0. The Balaban J connectivity index is 3.37. The molecule has 0 aliphatic heterocycles. The predicted molar refractivity (Wildman–Crippen MR) is 76.8 cm³/mol. The molecule has 0 radical (unpaired) electrons. The lowest BCUT2D eigenvalue weighted by atomic mass is 9.97. The first-order valence-electron chi connectivity index (χ1n) is 6.19. The van der Waals surface area contributed by atoms with Crippen molar-refractivity contribution in [2.75, 3.05) is 13.2 Å². The van der Waals surface area contributed by atoms with Crippen molar-refractivity contribution in [1.82, 2.24) is 0 Å². The zero-order valence-electron chi connectivity index (χ0n) is 11.5. The molecule has 1 aromatic carbocycles. The van der Waals surface area contributed by atoms with Crippen LogP contribution in [0.3, 0.4) is 0 Å². The van der Waals surface area contributed by atoms with Crippen molar-refractivity contribution >= 4 is 33.6 Å². The van der Waals surface area contributed by atoms with E-state index in [9.17, 15) is 19.7 Å². The summed E-state index contributed by atoms with van der Waals surface area (Å²) in [6, 6.07) is 4.01. The molecule has 21 heavy (non-hydrogen) atoms. The first kappa shape index (κ1) is 17.1. The van der Waals surface area contributed by atoms with Crippen molar-refractivity contribution in [3.63, 3.8) is 0 Å². The highest BCUT2D eigenvalue weighted by Crippen LogP contribution is 2.31. The Bertz CT molecular complexity index is 542. The number of nitrogens with zero attached hydrogens (tertiary/aromatic N) is 1. The summed E-state index contributed by atoms with van der Waals surface area (Å²) in [6.45, 7) is 3.26. The molecular formula is C13H14BrNO6. The lowest BCUT2D eigenvalue weighted by molar-refractivity contribution is -0.385. The van der Waals surface area contributed by atoms with Crippen LogP contribution in [0, 0.1) is 10.1 Å². The van der Waals surface area contributed by atoms with Crippen LogP contribution in [0.1, 0.15) is 25.3 Å². The Morgan fingerprint density at radius 3 is 2.19 bits per heavy atom. The highest BCUT2D eigenvalue weighted by Gasteiger charge is 2.36. The third kappa shape index (κ3) is 4.25. The first-order chi connectivity index (χ1) is 9.92. The number of carbonyl (C=O) groups is 2. The maximum Gasteiger partial charge on any atom is 0.325 e. The molecule has 0 aliphatic carbocycles. The molecule has 0 atom stereocenters. The van der Waals surface area contributed by atoms with Crippen molar-refractivity contribution in [1.29, 1.82) is 0 Å². The van der Waals surface area contributed by atoms with Crippen LogP contribution in [-0.2, 0) is 19.1 Å². The van der Waals surface area contributed by atoms with E-state index in [1.807, 2.05) is 0 Å². The van der Waals surface area contributed by atoms with Crippen molar-refractivity contribution in [2.24, 2.45) is 0 Å². The molecule has 0 bridgehead atoms.